The minimum atomic E-state index is -1.01. The van der Waals surface area contributed by atoms with E-state index in [-0.39, 0.29) is 24.7 Å². The molecule has 0 spiro atoms. The summed E-state index contributed by atoms with van der Waals surface area (Å²) < 4.78 is 38.0. The highest BCUT2D eigenvalue weighted by Gasteiger charge is 2.40. The third-order valence-electron chi connectivity index (χ3n) is 8.01. The summed E-state index contributed by atoms with van der Waals surface area (Å²) >= 11 is 0. The van der Waals surface area contributed by atoms with Crippen LogP contribution in [0, 0.1) is 11.6 Å². The van der Waals surface area contributed by atoms with Gasteiger partial charge in [0.15, 0.2) is 11.6 Å². The van der Waals surface area contributed by atoms with Crippen LogP contribution in [-0.4, -0.2) is 53.3 Å². The number of amides is 1. The van der Waals surface area contributed by atoms with Crippen molar-refractivity contribution >= 4 is 17.9 Å². The Morgan fingerprint density at radius 2 is 1.85 bits per heavy atom. The Morgan fingerprint density at radius 3 is 2.51 bits per heavy atom. The molecule has 0 unspecified atom stereocenters. The average Bonchev–Trinajstić information content (AvgIpc) is 3.18. The summed E-state index contributed by atoms with van der Waals surface area (Å²) in [5, 5.41) is 10.9. The van der Waals surface area contributed by atoms with Gasteiger partial charge < -0.3 is 19.5 Å². The molecule has 1 aromatic heterocycles. The van der Waals surface area contributed by atoms with Gasteiger partial charge in [-0.2, -0.15) is 0 Å². The number of aromatic hydroxyl groups is 1. The summed E-state index contributed by atoms with van der Waals surface area (Å²) in [4.78, 5) is 33.6. The van der Waals surface area contributed by atoms with E-state index in [2.05, 4.69) is 4.90 Å². The fraction of sp³-hybridized carbons (Fsp3) is 0.387. The molecule has 2 aliphatic rings. The molecule has 0 radical (unpaired) electrons. The van der Waals surface area contributed by atoms with Crippen molar-refractivity contribution in [2.45, 2.75) is 57.7 Å². The molecule has 2 aliphatic heterocycles. The summed E-state index contributed by atoms with van der Waals surface area (Å²) in [5.41, 5.74) is 2.27. The Hall–Kier alpha value is -4.21. The maximum atomic E-state index is 14.0. The molecule has 5 rings (SSSR count). The number of carbonyl (C=O) groups excluding carboxylic acids is 2. The second-order valence-electron chi connectivity index (χ2n) is 11.2. The van der Waals surface area contributed by atoms with Crippen LogP contribution in [0.2, 0.25) is 0 Å². The monoisotopic (exact) mass is 565 g/mol. The van der Waals surface area contributed by atoms with Crippen molar-refractivity contribution in [2.75, 3.05) is 25.1 Å². The van der Waals surface area contributed by atoms with Gasteiger partial charge in [0.2, 0.25) is 0 Å². The lowest BCUT2D eigenvalue weighted by Crippen LogP contribution is -2.38. The van der Waals surface area contributed by atoms with Crippen LogP contribution < -0.4 is 4.90 Å². The molecule has 2 saturated heterocycles. The highest BCUT2D eigenvalue weighted by atomic mass is 19.2. The predicted octanol–water partition coefficient (Wildman–Crippen LogP) is 5.87. The standard InChI is InChI=1S/C31H33F2N3O5/c1-18-29(19-6-9-23(32)24(33)14-19)41-30(39)36(18)17-25-21(8-11-27(34-25)35-12-5-13-35)22-15-20(7-10-26(22)37)31(2,3)16-28(38)40-4/h6-11,14-15,18,29,37H,5,12-13,16-17H2,1-4H3/t18-,29-/m0/s1. The van der Waals surface area contributed by atoms with E-state index in [9.17, 15) is 23.5 Å². The third-order valence-corrected chi connectivity index (χ3v) is 8.01. The Bertz CT molecular complexity index is 1490. The second kappa shape index (κ2) is 11.0. The summed E-state index contributed by atoms with van der Waals surface area (Å²) in [6.07, 6.45) is -0.195. The van der Waals surface area contributed by atoms with Gasteiger partial charge in [0.25, 0.3) is 0 Å². The molecule has 1 N–H and O–H groups in total. The molecule has 0 saturated carbocycles. The number of benzene rings is 2. The second-order valence-corrected chi connectivity index (χ2v) is 11.2. The number of cyclic esters (lactones) is 1. The van der Waals surface area contributed by atoms with Crippen LogP contribution in [-0.2, 0) is 26.2 Å². The lowest BCUT2D eigenvalue weighted by atomic mass is 9.80. The topological polar surface area (TPSA) is 92.2 Å². The summed E-state index contributed by atoms with van der Waals surface area (Å²) in [6, 6.07) is 11.9. The van der Waals surface area contributed by atoms with Crippen molar-refractivity contribution in [3.05, 3.63) is 77.0 Å². The Morgan fingerprint density at radius 1 is 1.10 bits per heavy atom. The number of aromatic nitrogens is 1. The number of phenols is 1. The van der Waals surface area contributed by atoms with Crippen LogP contribution >= 0.6 is 0 Å². The zero-order chi connectivity index (χ0) is 29.5. The van der Waals surface area contributed by atoms with Crippen molar-refractivity contribution in [1.29, 1.82) is 0 Å². The number of phenolic OH excluding ortho intramolecular Hbond substituents is 1. The van der Waals surface area contributed by atoms with Gasteiger partial charge in [-0.3, -0.25) is 9.69 Å². The minimum Gasteiger partial charge on any atom is -0.507 e. The van der Waals surface area contributed by atoms with E-state index < -0.39 is 35.3 Å². The van der Waals surface area contributed by atoms with Gasteiger partial charge in [-0.15, -0.1) is 0 Å². The van der Waals surface area contributed by atoms with Gasteiger partial charge in [0.05, 0.1) is 31.8 Å². The molecule has 8 nitrogen and oxygen atoms in total. The molecule has 3 aromatic rings. The molecule has 0 aliphatic carbocycles. The van der Waals surface area contributed by atoms with Crippen molar-refractivity contribution in [3.63, 3.8) is 0 Å². The lowest BCUT2D eigenvalue weighted by molar-refractivity contribution is -0.141. The first-order valence-corrected chi connectivity index (χ1v) is 13.6. The number of nitrogens with zero attached hydrogens (tertiary/aromatic N) is 3. The molecular formula is C31H33F2N3O5. The van der Waals surface area contributed by atoms with E-state index in [1.54, 1.807) is 19.1 Å². The number of rotatable bonds is 8. The van der Waals surface area contributed by atoms with E-state index in [1.165, 1.54) is 18.1 Å². The number of pyridine rings is 1. The van der Waals surface area contributed by atoms with Gasteiger partial charge in [0, 0.05) is 29.6 Å². The van der Waals surface area contributed by atoms with Gasteiger partial charge in [-0.25, -0.2) is 18.6 Å². The maximum absolute atomic E-state index is 14.0. The highest BCUT2D eigenvalue weighted by molar-refractivity contribution is 5.77. The number of halogens is 2. The number of hydrogen-bond acceptors (Lipinski definition) is 7. The first kappa shape index (κ1) is 28.3. The summed E-state index contributed by atoms with van der Waals surface area (Å²) in [6.45, 7) is 7.43. The number of carbonyl (C=O) groups is 2. The van der Waals surface area contributed by atoms with Crippen LogP contribution in [0.15, 0.2) is 48.5 Å². The van der Waals surface area contributed by atoms with Crippen molar-refractivity contribution in [3.8, 4) is 16.9 Å². The minimum absolute atomic E-state index is 0.0269. The lowest BCUT2D eigenvalue weighted by Gasteiger charge is -2.33. The van der Waals surface area contributed by atoms with Crippen LogP contribution in [0.1, 0.15) is 56.5 Å². The Labute approximate surface area is 237 Å². The average molecular weight is 566 g/mol. The van der Waals surface area contributed by atoms with Crippen LogP contribution in [0.25, 0.3) is 11.1 Å². The van der Waals surface area contributed by atoms with Gasteiger partial charge >= 0.3 is 12.1 Å². The molecule has 216 valence electrons. The zero-order valence-electron chi connectivity index (χ0n) is 23.5. The number of esters is 1. The fourth-order valence-electron chi connectivity index (χ4n) is 5.30. The maximum Gasteiger partial charge on any atom is 0.411 e. The quantitative estimate of drug-likeness (QED) is 0.342. The van der Waals surface area contributed by atoms with Crippen molar-refractivity contribution in [1.82, 2.24) is 9.88 Å². The van der Waals surface area contributed by atoms with Crippen molar-refractivity contribution < 1.29 is 33.0 Å². The predicted molar refractivity (Wildman–Crippen MR) is 148 cm³/mol. The molecule has 2 atom stereocenters. The zero-order valence-corrected chi connectivity index (χ0v) is 23.5. The number of anilines is 1. The van der Waals surface area contributed by atoms with Crippen LogP contribution in [0.3, 0.4) is 0 Å². The molecule has 2 aromatic carbocycles. The first-order chi connectivity index (χ1) is 19.5. The van der Waals surface area contributed by atoms with E-state index in [1.807, 2.05) is 32.0 Å². The van der Waals surface area contributed by atoms with Gasteiger partial charge in [-0.1, -0.05) is 26.0 Å². The molecule has 41 heavy (non-hydrogen) atoms. The summed E-state index contributed by atoms with van der Waals surface area (Å²) in [5.74, 6) is -1.55. The molecule has 3 heterocycles. The van der Waals surface area contributed by atoms with E-state index in [0.717, 1.165) is 43.0 Å². The van der Waals surface area contributed by atoms with Crippen molar-refractivity contribution in [2.24, 2.45) is 0 Å². The normalized spacial score (nSPS) is 18.7. The summed E-state index contributed by atoms with van der Waals surface area (Å²) in [7, 11) is 1.35. The van der Waals surface area contributed by atoms with E-state index >= 15 is 0 Å². The van der Waals surface area contributed by atoms with E-state index in [0.29, 0.717) is 22.4 Å². The highest BCUT2D eigenvalue weighted by Crippen LogP contribution is 2.40. The number of ether oxygens (including phenoxy) is 2. The van der Waals surface area contributed by atoms with E-state index in [4.69, 9.17) is 14.5 Å². The Balaban J connectivity index is 1.52. The smallest absolute Gasteiger partial charge is 0.411 e. The number of hydrogen-bond donors (Lipinski definition) is 1. The first-order valence-electron chi connectivity index (χ1n) is 13.6. The molecule has 2 fully saturated rings. The van der Waals surface area contributed by atoms with Gasteiger partial charge in [-0.05, 0) is 60.9 Å². The molecular weight excluding hydrogens is 532 g/mol. The number of methoxy groups -OCH3 is 1. The van der Waals surface area contributed by atoms with Gasteiger partial charge in [0.1, 0.15) is 17.7 Å². The third kappa shape index (κ3) is 5.55. The SMILES string of the molecule is COC(=O)CC(C)(C)c1ccc(O)c(-c2ccc(N3CCC3)nc2CN2C(=O)O[C@H](c3ccc(F)c(F)c3)[C@@H]2C)c1. The molecule has 10 heteroatoms. The van der Waals surface area contributed by atoms with Crippen LogP contribution in [0.4, 0.5) is 19.4 Å². The molecule has 0 bridgehead atoms. The van der Waals surface area contributed by atoms with Crippen LogP contribution in [0.5, 0.6) is 5.75 Å². The Kier molecular flexibility index (Phi) is 7.59. The molecule has 1 amide bonds. The fourth-order valence-corrected chi connectivity index (χ4v) is 5.30. The largest absolute Gasteiger partial charge is 0.507 e.